The Hall–Kier alpha value is -1.59. The average molecular weight is 291 g/mol. The summed E-state index contributed by atoms with van der Waals surface area (Å²) < 4.78 is 1.08. The molecule has 98 valence electrons. The first-order chi connectivity index (χ1) is 9.13. The Labute approximate surface area is 120 Å². The van der Waals surface area contributed by atoms with Gasteiger partial charge in [-0.1, -0.05) is 36.0 Å². The van der Waals surface area contributed by atoms with Crippen LogP contribution < -0.4 is 0 Å². The van der Waals surface area contributed by atoms with Crippen LogP contribution in [0.15, 0.2) is 40.1 Å². The van der Waals surface area contributed by atoms with Crippen LogP contribution in [-0.2, 0) is 10.5 Å². The number of carboxylic acids is 1. The normalized spacial score (nSPS) is 11.0. The highest BCUT2D eigenvalue weighted by Crippen LogP contribution is 2.26. The lowest BCUT2D eigenvalue weighted by atomic mass is 10.1. The second kappa shape index (κ2) is 6.54. The predicted molar refractivity (Wildman–Crippen MR) is 79.5 cm³/mol. The summed E-state index contributed by atoms with van der Waals surface area (Å²) in [6, 6.07) is 7.86. The zero-order valence-electron chi connectivity index (χ0n) is 10.4. The largest absolute Gasteiger partial charge is 0.478 e. The van der Waals surface area contributed by atoms with Crippen LogP contribution in [0.5, 0.6) is 0 Å². The number of rotatable bonds is 5. The lowest BCUT2D eigenvalue weighted by Gasteiger charge is -2.00. The van der Waals surface area contributed by atoms with Crippen molar-refractivity contribution in [3.8, 4) is 0 Å². The van der Waals surface area contributed by atoms with Gasteiger partial charge >= 0.3 is 5.97 Å². The Balaban J connectivity index is 1.93. The SMILES string of the molecule is Cc1csc(SCc2ccc(/C=C/C(=O)O)cc2)n1. The molecular weight excluding hydrogens is 278 g/mol. The summed E-state index contributed by atoms with van der Waals surface area (Å²) in [5.74, 6) is -0.0608. The van der Waals surface area contributed by atoms with Crippen molar-refractivity contribution in [3.63, 3.8) is 0 Å². The van der Waals surface area contributed by atoms with Crippen molar-refractivity contribution >= 4 is 35.1 Å². The molecule has 0 saturated heterocycles. The Bertz CT molecular complexity index is 588. The van der Waals surface area contributed by atoms with Crippen molar-refractivity contribution < 1.29 is 9.90 Å². The second-order valence-electron chi connectivity index (χ2n) is 3.96. The molecule has 0 bridgehead atoms. The molecule has 0 saturated carbocycles. The third-order valence-corrected chi connectivity index (χ3v) is 4.57. The van der Waals surface area contributed by atoms with Crippen LogP contribution in [0.2, 0.25) is 0 Å². The summed E-state index contributed by atoms with van der Waals surface area (Å²) in [5.41, 5.74) is 3.15. The van der Waals surface area contributed by atoms with Crippen molar-refractivity contribution in [2.24, 2.45) is 0 Å². The van der Waals surface area contributed by atoms with Gasteiger partial charge in [-0.25, -0.2) is 9.78 Å². The number of hydrogen-bond donors (Lipinski definition) is 1. The minimum atomic E-state index is -0.932. The topological polar surface area (TPSA) is 50.2 Å². The van der Waals surface area contributed by atoms with Crippen LogP contribution in [0.4, 0.5) is 0 Å². The average Bonchev–Trinajstić information content (AvgIpc) is 2.81. The van der Waals surface area contributed by atoms with E-state index >= 15 is 0 Å². The Morgan fingerprint density at radius 3 is 2.74 bits per heavy atom. The fourth-order valence-electron chi connectivity index (χ4n) is 1.44. The molecule has 1 N–H and O–H groups in total. The molecule has 0 fully saturated rings. The first-order valence-corrected chi connectivity index (χ1v) is 7.55. The predicted octanol–water partition coefficient (Wildman–Crippen LogP) is 3.84. The van der Waals surface area contributed by atoms with E-state index in [2.05, 4.69) is 4.98 Å². The molecule has 3 nitrogen and oxygen atoms in total. The van der Waals surface area contributed by atoms with E-state index in [9.17, 15) is 4.79 Å². The van der Waals surface area contributed by atoms with E-state index in [-0.39, 0.29) is 0 Å². The van der Waals surface area contributed by atoms with Crippen LogP contribution in [-0.4, -0.2) is 16.1 Å². The molecule has 0 aliphatic heterocycles. The second-order valence-corrected chi connectivity index (χ2v) is 6.04. The van der Waals surface area contributed by atoms with E-state index < -0.39 is 5.97 Å². The zero-order chi connectivity index (χ0) is 13.7. The Morgan fingerprint density at radius 2 is 2.16 bits per heavy atom. The molecule has 19 heavy (non-hydrogen) atoms. The first kappa shape index (κ1) is 13.8. The van der Waals surface area contributed by atoms with Gasteiger partial charge in [0.05, 0.1) is 0 Å². The highest BCUT2D eigenvalue weighted by molar-refractivity contribution is 8.00. The highest BCUT2D eigenvalue weighted by Gasteiger charge is 2.00. The Morgan fingerprint density at radius 1 is 1.42 bits per heavy atom. The van der Waals surface area contributed by atoms with Crippen LogP contribution in [0.25, 0.3) is 6.08 Å². The Kier molecular flexibility index (Phi) is 4.76. The van der Waals surface area contributed by atoms with Crippen molar-refractivity contribution in [1.82, 2.24) is 4.98 Å². The molecule has 5 heteroatoms. The van der Waals surface area contributed by atoms with Gasteiger partial charge in [0.1, 0.15) is 4.34 Å². The summed E-state index contributed by atoms with van der Waals surface area (Å²) in [5, 5.41) is 10.6. The molecule has 0 amide bonds. The molecule has 2 rings (SSSR count). The van der Waals surface area contributed by atoms with Crippen LogP contribution in [0, 0.1) is 6.92 Å². The number of thioether (sulfide) groups is 1. The number of aryl methyl sites for hydroxylation is 1. The summed E-state index contributed by atoms with van der Waals surface area (Å²) in [7, 11) is 0. The number of hydrogen-bond acceptors (Lipinski definition) is 4. The molecule has 1 aromatic carbocycles. The number of thiazole rings is 1. The maximum atomic E-state index is 10.4. The molecule has 0 spiro atoms. The van der Waals surface area contributed by atoms with E-state index in [1.54, 1.807) is 29.2 Å². The van der Waals surface area contributed by atoms with E-state index in [0.29, 0.717) is 0 Å². The molecule has 2 aromatic rings. The number of nitrogens with zero attached hydrogens (tertiary/aromatic N) is 1. The number of aromatic nitrogens is 1. The smallest absolute Gasteiger partial charge is 0.328 e. The van der Waals surface area contributed by atoms with Gasteiger partial charge in [-0.3, -0.25) is 0 Å². The van der Waals surface area contributed by atoms with E-state index in [1.807, 2.05) is 36.6 Å². The highest BCUT2D eigenvalue weighted by atomic mass is 32.2. The van der Waals surface area contributed by atoms with Gasteiger partial charge in [0.15, 0.2) is 0 Å². The standard InChI is InChI=1S/C14H13NO2S2/c1-10-8-18-14(15-10)19-9-12-4-2-11(3-5-12)6-7-13(16)17/h2-8H,9H2,1H3,(H,16,17)/b7-6+. The maximum absolute atomic E-state index is 10.4. The van der Waals surface area contributed by atoms with Crippen molar-refractivity contribution in [3.05, 3.63) is 52.5 Å². The van der Waals surface area contributed by atoms with Gasteiger partial charge in [-0.15, -0.1) is 11.3 Å². The zero-order valence-corrected chi connectivity index (χ0v) is 12.0. The molecule has 0 aliphatic rings. The summed E-state index contributed by atoms with van der Waals surface area (Å²) in [4.78, 5) is 14.8. The van der Waals surface area contributed by atoms with Crippen molar-refractivity contribution in [1.29, 1.82) is 0 Å². The number of carbonyl (C=O) groups is 1. The first-order valence-electron chi connectivity index (χ1n) is 5.68. The van der Waals surface area contributed by atoms with Crippen molar-refractivity contribution in [2.75, 3.05) is 0 Å². The molecule has 0 atom stereocenters. The molecule has 1 aromatic heterocycles. The van der Waals surface area contributed by atoms with Gasteiger partial charge in [0, 0.05) is 22.9 Å². The molecule has 0 unspecified atom stereocenters. The van der Waals surface area contributed by atoms with Gasteiger partial charge < -0.3 is 5.11 Å². The van der Waals surface area contributed by atoms with Gasteiger partial charge in [0.25, 0.3) is 0 Å². The van der Waals surface area contributed by atoms with E-state index in [0.717, 1.165) is 27.4 Å². The van der Waals surface area contributed by atoms with Crippen molar-refractivity contribution in [2.45, 2.75) is 17.0 Å². The van der Waals surface area contributed by atoms with Gasteiger partial charge in [-0.2, -0.15) is 0 Å². The minimum absolute atomic E-state index is 0.871. The molecule has 1 heterocycles. The number of aliphatic carboxylic acids is 1. The fourth-order valence-corrected chi connectivity index (χ4v) is 3.24. The monoisotopic (exact) mass is 291 g/mol. The third-order valence-electron chi connectivity index (χ3n) is 2.36. The quantitative estimate of drug-likeness (QED) is 0.671. The van der Waals surface area contributed by atoms with Crippen LogP contribution in [0.3, 0.4) is 0 Å². The van der Waals surface area contributed by atoms with E-state index in [1.165, 1.54) is 5.56 Å². The lowest BCUT2D eigenvalue weighted by Crippen LogP contribution is -1.86. The molecule has 0 aliphatic carbocycles. The summed E-state index contributed by atoms with van der Waals surface area (Å²) in [6.45, 7) is 1.99. The number of carboxylic acid groups (broad SMARTS) is 1. The molecule has 0 radical (unpaired) electrons. The fraction of sp³-hybridized carbons (Fsp3) is 0.143. The lowest BCUT2D eigenvalue weighted by molar-refractivity contribution is -0.131. The summed E-state index contributed by atoms with van der Waals surface area (Å²) in [6.07, 6.45) is 2.73. The summed E-state index contributed by atoms with van der Waals surface area (Å²) >= 11 is 3.37. The number of benzene rings is 1. The van der Waals surface area contributed by atoms with Crippen LogP contribution >= 0.6 is 23.1 Å². The van der Waals surface area contributed by atoms with Crippen LogP contribution in [0.1, 0.15) is 16.8 Å². The maximum Gasteiger partial charge on any atom is 0.328 e. The van der Waals surface area contributed by atoms with Gasteiger partial charge in [-0.05, 0) is 24.1 Å². The van der Waals surface area contributed by atoms with Gasteiger partial charge in [0.2, 0.25) is 0 Å². The van der Waals surface area contributed by atoms with E-state index in [4.69, 9.17) is 5.11 Å². The minimum Gasteiger partial charge on any atom is -0.478 e. The third kappa shape index (κ3) is 4.54. The molecular formula is C14H13NO2S2.